The van der Waals surface area contributed by atoms with Crippen LogP contribution in [0.2, 0.25) is 0 Å². The van der Waals surface area contributed by atoms with E-state index in [2.05, 4.69) is 4.72 Å². The van der Waals surface area contributed by atoms with Crippen molar-refractivity contribution in [3.05, 3.63) is 58.3 Å². The molecule has 0 bridgehead atoms. The van der Waals surface area contributed by atoms with E-state index in [1.807, 2.05) is 43.0 Å². The van der Waals surface area contributed by atoms with Gasteiger partial charge in [-0.15, -0.1) is 0 Å². The Bertz CT molecular complexity index is 1320. The van der Waals surface area contributed by atoms with Crippen molar-refractivity contribution in [2.75, 3.05) is 20.2 Å². The van der Waals surface area contributed by atoms with E-state index in [9.17, 15) is 13.2 Å². The molecule has 7 nitrogen and oxygen atoms in total. The average molecular weight is 485 g/mol. The molecule has 1 aliphatic rings. The summed E-state index contributed by atoms with van der Waals surface area (Å²) >= 11 is 0. The molecule has 0 spiro atoms. The molecule has 0 aliphatic carbocycles. The van der Waals surface area contributed by atoms with E-state index in [4.69, 9.17) is 9.15 Å². The van der Waals surface area contributed by atoms with E-state index >= 15 is 0 Å². The first-order valence-corrected chi connectivity index (χ1v) is 13.2. The molecule has 0 atom stereocenters. The summed E-state index contributed by atoms with van der Waals surface area (Å²) in [5.41, 5.74) is 3.05. The van der Waals surface area contributed by atoms with Crippen molar-refractivity contribution < 1.29 is 22.4 Å². The summed E-state index contributed by atoms with van der Waals surface area (Å²) < 4.78 is 41.2. The van der Waals surface area contributed by atoms with Crippen molar-refractivity contribution in [3.8, 4) is 5.75 Å². The zero-order chi connectivity index (χ0) is 24.5. The van der Waals surface area contributed by atoms with Crippen LogP contribution in [0.25, 0.3) is 11.0 Å². The fourth-order valence-electron chi connectivity index (χ4n) is 4.58. The number of likely N-dealkylation sites (tertiary alicyclic amines) is 1. The highest BCUT2D eigenvalue weighted by Crippen LogP contribution is 2.35. The smallest absolute Gasteiger partial charge is 0.289 e. The second-order valence-corrected chi connectivity index (χ2v) is 10.6. The molecule has 1 aliphatic heterocycles. The number of hydrogen-bond donors (Lipinski definition) is 1. The van der Waals surface area contributed by atoms with Gasteiger partial charge in [-0.2, -0.15) is 0 Å². The molecule has 1 aromatic heterocycles. The van der Waals surface area contributed by atoms with Gasteiger partial charge < -0.3 is 14.1 Å². The van der Waals surface area contributed by atoms with Gasteiger partial charge in [-0.1, -0.05) is 31.0 Å². The van der Waals surface area contributed by atoms with Gasteiger partial charge in [0.1, 0.15) is 10.6 Å². The molecule has 34 heavy (non-hydrogen) atoms. The number of methoxy groups -OCH3 is 1. The number of carbonyl (C=O) groups excluding carboxylic acids is 1. The highest BCUT2D eigenvalue weighted by molar-refractivity contribution is 7.89. The Kier molecular flexibility index (Phi) is 7.00. The van der Waals surface area contributed by atoms with Crippen LogP contribution in [0.5, 0.6) is 5.75 Å². The van der Waals surface area contributed by atoms with Gasteiger partial charge in [0.25, 0.3) is 5.91 Å². The molecule has 0 radical (unpaired) electrons. The maximum absolute atomic E-state index is 13.5. The zero-order valence-corrected chi connectivity index (χ0v) is 21.0. The molecule has 1 saturated heterocycles. The van der Waals surface area contributed by atoms with Crippen molar-refractivity contribution in [2.45, 2.75) is 57.9 Å². The van der Waals surface area contributed by atoms with Gasteiger partial charge in [-0.05, 0) is 56.9 Å². The number of aryl methyl sites for hydroxylation is 2. The number of carbonyl (C=O) groups is 1. The highest BCUT2D eigenvalue weighted by atomic mass is 32.2. The van der Waals surface area contributed by atoms with Crippen LogP contribution in [0.4, 0.5) is 0 Å². The molecule has 1 amide bonds. The summed E-state index contributed by atoms with van der Waals surface area (Å²) in [6.07, 6.45) is 4.16. The Morgan fingerprint density at radius 2 is 1.74 bits per heavy atom. The average Bonchev–Trinajstić information content (AvgIpc) is 2.99. The fourth-order valence-corrected chi connectivity index (χ4v) is 6.03. The minimum Gasteiger partial charge on any atom is -0.496 e. The van der Waals surface area contributed by atoms with Crippen LogP contribution >= 0.6 is 0 Å². The van der Waals surface area contributed by atoms with Crippen LogP contribution in [0.1, 0.15) is 58.5 Å². The van der Waals surface area contributed by atoms with Gasteiger partial charge in [-0.3, -0.25) is 4.79 Å². The van der Waals surface area contributed by atoms with E-state index < -0.39 is 10.0 Å². The maximum atomic E-state index is 13.5. The number of rotatable bonds is 6. The number of hydrogen-bond acceptors (Lipinski definition) is 5. The summed E-state index contributed by atoms with van der Waals surface area (Å²) in [6, 6.07) is 9.17. The second kappa shape index (κ2) is 9.80. The van der Waals surface area contributed by atoms with Crippen molar-refractivity contribution in [1.29, 1.82) is 0 Å². The van der Waals surface area contributed by atoms with Gasteiger partial charge in [-0.25, -0.2) is 13.1 Å². The maximum Gasteiger partial charge on any atom is 0.289 e. The summed E-state index contributed by atoms with van der Waals surface area (Å²) in [5, 5.41) is 0.652. The molecular formula is C26H32N2O5S. The van der Waals surface area contributed by atoms with Crippen LogP contribution in [0.3, 0.4) is 0 Å². The predicted octanol–water partition coefficient (Wildman–Crippen LogP) is 4.86. The first-order valence-electron chi connectivity index (χ1n) is 11.7. The number of para-hydroxylation sites is 1. The Balaban J connectivity index is 1.75. The first-order chi connectivity index (χ1) is 16.2. The Morgan fingerprint density at radius 3 is 2.41 bits per heavy atom. The summed E-state index contributed by atoms with van der Waals surface area (Å²) in [4.78, 5) is 15.2. The first kappa shape index (κ1) is 24.3. The monoisotopic (exact) mass is 484 g/mol. The normalized spacial score (nSPS) is 14.9. The lowest BCUT2D eigenvalue weighted by atomic mass is 10.0. The summed E-state index contributed by atoms with van der Waals surface area (Å²) in [5.74, 6) is 0.662. The van der Waals surface area contributed by atoms with E-state index in [0.29, 0.717) is 35.4 Å². The molecule has 4 rings (SSSR count). The van der Waals surface area contributed by atoms with E-state index in [1.54, 1.807) is 20.1 Å². The van der Waals surface area contributed by atoms with Crippen molar-refractivity contribution in [3.63, 3.8) is 0 Å². The van der Waals surface area contributed by atoms with Gasteiger partial charge in [0.15, 0.2) is 11.3 Å². The predicted molar refractivity (Wildman–Crippen MR) is 132 cm³/mol. The SMILES string of the molecule is COc1ccccc1CNS(=O)(=O)c1c(C)c(C)cc2c(C)c(C(=O)N3CCCCCC3)oc12. The molecule has 1 N–H and O–H groups in total. The molecule has 2 aromatic carbocycles. The number of amides is 1. The van der Waals surface area contributed by atoms with Crippen LogP contribution in [-0.2, 0) is 16.6 Å². The lowest BCUT2D eigenvalue weighted by molar-refractivity contribution is 0.0731. The number of fused-ring (bicyclic) bond motifs is 1. The third-order valence-electron chi connectivity index (χ3n) is 6.69. The van der Waals surface area contributed by atoms with E-state index in [0.717, 1.165) is 36.8 Å². The highest BCUT2D eigenvalue weighted by Gasteiger charge is 2.30. The molecule has 0 unspecified atom stereocenters. The molecular weight excluding hydrogens is 452 g/mol. The van der Waals surface area contributed by atoms with Gasteiger partial charge in [0.05, 0.1) is 7.11 Å². The molecule has 2 heterocycles. The van der Waals surface area contributed by atoms with Crippen LogP contribution in [0.15, 0.2) is 39.6 Å². The van der Waals surface area contributed by atoms with Gasteiger partial charge >= 0.3 is 0 Å². The Labute approximate surface area is 201 Å². The quantitative estimate of drug-likeness (QED) is 0.540. The zero-order valence-electron chi connectivity index (χ0n) is 20.2. The van der Waals surface area contributed by atoms with Crippen molar-refractivity contribution in [2.24, 2.45) is 0 Å². The molecule has 1 fully saturated rings. The van der Waals surface area contributed by atoms with Gasteiger partial charge in [0.2, 0.25) is 10.0 Å². The van der Waals surface area contributed by atoms with E-state index in [1.165, 1.54) is 0 Å². The minimum absolute atomic E-state index is 0.0699. The lowest BCUT2D eigenvalue weighted by Crippen LogP contribution is -2.31. The third-order valence-corrected chi connectivity index (χ3v) is 8.25. The Hall–Kier alpha value is -2.84. The van der Waals surface area contributed by atoms with Crippen LogP contribution < -0.4 is 9.46 Å². The minimum atomic E-state index is -3.95. The standard InChI is InChI=1S/C26H32N2O5S/c1-17-15-21-19(3)23(26(29)28-13-9-5-6-10-14-28)33-24(21)25(18(17)2)34(30,31)27-16-20-11-7-8-12-22(20)32-4/h7-8,11-12,15,27H,5-6,9-10,13-14,16H2,1-4H3. The number of benzene rings is 2. The van der Waals surface area contributed by atoms with Crippen molar-refractivity contribution >= 4 is 26.9 Å². The van der Waals surface area contributed by atoms with E-state index in [-0.39, 0.29) is 28.7 Å². The third kappa shape index (κ3) is 4.57. The van der Waals surface area contributed by atoms with Gasteiger partial charge in [0, 0.05) is 36.1 Å². The Morgan fingerprint density at radius 1 is 1.06 bits per heavy atom. The fraction of sp³-hybridized carbons (Fsp3) is 0.423. The number of sulfonamides is 1. The largest absolute Gasteiger partial charge is 0.496 e. The molecule has 0 saturated carbocycles. The number of nitrogens with one attached hydrogen (secondary N) is 1. The molecule has 182 valence electrons. The summed E-state index contributed by atoms with van der Waals surface area (Å²) in [6.45, 7) is 6.92. The molecule has 3 aromatic rings. The topological polar surface area (TPSA) is 88.8 Å². The van der Waals surface area contributed by atoms with Crippen LogP contribution in [-0.4, -0.2) is 39.4 Å². The number of nitrogens with zero attached hydrogens (tertiary/aromatic N) is 1. The van der Waals surface area contributed by atoms with Crippen LogP contribution in [0, 0.1) is 20.8 Å². The van der Waals surface area contributed by atoms with Crippen molar-refractivity contribution in [1.82, 2.24) is 9.62 Å². The summed E-state index contributed by atoms with van der Waals surface area (Å²) in [7, 11) is -2.40. The molecule has 8 heteroatoms. The number of furan rings is 1. The second-order valence-electron chi connectivity index (χ2n) is 8.92. The number of ether oxygens (including phenoxy) is 1. The lowest BCUT2D eigenvalue weighted by Gasteiger charge is -2.19.